The molecule has 0 radical (unpaired) electrons. The van der Waals surface area contributed by atoms with E-state index in [1.54, 1.807) is 0 Å². The number of likely N-dealkylation sites (tertiary alicyclic amines) is 1. The van der Waals surface area contributed by atoms with E-state index in [1.165, 1.54) is 11.1 Å². The minimum absolute atomic E-state index is 0.460. The molecule has 1 N–H and O–H groups in total. The van der Waals surface area contributed by atoms with E-state index in [0.29, 0.717) is 5.92 Å². The molecule has 1 aromatic carbocycles. The number of aliphatic hydroxyl groups is 1. The summed E-state index contributed by atoms with van der Waals surface area (Å²) >= 11 is 0. The number of nitrogens with zero attached hydrogens (tertiary/aromatic N) is 1. The van der Waals surface area contributed by atoms with E-state index in [-0.39, 0.29) is 0 Å². The fourth-order valence-corrected chi connectivity index (χ4v) is 2.30. The molecule has 0 saturated carbocycles. The van der Waals surface area contributed by atoms with Gasteiger partial charge >= 0.3 is 0 Å². The van der Waals surface area contributed by atoms with Gasteiger partial charge in [0.05, 0.1) is 5.60 Å². The highest BCUT2D eigenvalue weighted by Gasteiger charge is 2.35. The Morgan fingerprint density at radius 1 is 1.25 bits per heavy atom. The summed E-state index contributed by atoms with van der Waals surface area (Å²) in [5.74, 6) is 0.596. The summed E-state index contributed by atoms with van der Waals surface area (Å²) in [5.41, 5.74) is 2.26. The molecule has 0 unspecified atom stereocenters. The standard InChI is InChI=1S/C14H21NO/c1-11(2)13-6-4-12(5-7-13)8-15-9-14(3,16)10-15/h4-7,11,16H,8-10H2,1-3H3. The number of hydrogen-bond donors (Lipinski definition) is 1. The third kappa shape index (κ3) is 2.63. The molecule has 2 heteroatoms. The Bertz CT molecular complexity index is 346. The Morgan fingerprint density at radius 3 is 2.25 bits per heavy atom. The second-order valence-electron chi connectivity index (χ2n) is 5.54. The van der Waals surface area contributed by atoms with Gasteiger partial charge in [-0.15, -0.1) is 0 Å². The molecule has 0 atom stereocenters. The number of β-amino-alcohol motifs (C(OH)–C–C–N with tert-alkyl or cyclic N) is 1. The highest BCUT2D eigenvalue weighted by atomic mass is 16.3. The zero-order chi connectivity index (χ0) is 11.8. The van der Waals surface area contributed by atoms with Crippen LogP contribution in [0.5, 0.6) is 0 Å². The van der Waals surface area contributed by atoms with E-state index < -0.39 is 5.60 Å². The second kappa shape index (κ2) is 4.19. The van der Waals surface area contributed by atoms with Crippen LogP contribution in [0.4, 0.5) is 0 Å². The Morgan fingerprint density at radius 2 is 1.81 bits per heavy atom. The topological polar surface area (TPSA) is 23.5 Å². The largest absolute Gasteiger partial charge is 0.388 e. The highest BCUT2D eigenvalue weighted by Crippen LogP contribution is 2.22. The van der Waals surface area contributed by atoms with Crippen LogP contribution >= 0.6 is 0 Å². The first-order valence-corrected chi connectivity index (χ1v) is 6.00. The van der Waals surface area contributed by atoms with Crippen molar-refractivity contribution in [1.82, 2.24) is 4.90 Å². The highest BCUT2D eigenvalue weighted by molar-refractivity contribution is 5.24. The Kier molecular flexibility index (Phi) is 3.04. The van der Waals surface area contributed by atoms with Crippen LogP contribution in [0.3, 0.4) is 0 Å². The minimum Gasteiger partial charge on any atom is -0.388 e. The molecule has 0 spiro atoms. The van der Waals surface area contributed by atoms with E-state index in [9.17, 15) is 5.11 Å². The molecule has 1 heterocycles. The van der Waals surface area contributed by atoms with Crippen LogP contribution in [0.1, 0.15) is 37.8 Å². The number of benzene rings is 1. The van der Waals surface area contributed by atoms with E-state index in [2.05, 4.69) is 43.0 Å². The fraction of sp³-hybridized carbons (Fsp3) is 0.571. The summed E-state index contributed by atoms with van der Waals surface area (Å²) < 4.78 is 0. The van der Waals surface area contributed by atoms with Crippen molar-refractivity contribution in [2.75, 3.05) is 13.1 Å². The molecule has 16 heavy (non-hydrogen) atoms. The molecular formula is C14H21NO. The van der Waals surface area contributed by atoms with Crippen molar-refractivity contribution in [2.24, 2.45) is 0 Å². The normalized spacial score (nSPS) is 19.8. The van der Waals surface area contributed by atoms with Crippen LogP contribution in [0.15, 0.2) is 24.3 Å². The maximum atomic E-state index is 9.64. The predicted octanol–water partition coefficient (Wildman–Crippen LogP) is 2.38. The van der Waals surface area contributed by atoms with Crippen molar-refractivity contribution in [3.8, 4) is 0 Å². The maximum Gasteiger partial charge on any atom is 0.0872 e. The number of rotatable bonds is 3. The molecule has 0 aromatic heterocycles. The van der Waals surface area contributed by atoms with Crippen molar-refractivity contribution in [1.29, 1.82) is 0 Å². The van der Waals surface area contributed by atoms with Gasteiger partial charge in [-0.2, -0.15) is 0 Å². The molecule has 0 bridgehead atoms. The molecule has 1 aromatic rings. The Hall–Kier alpha value is -0.860. The molecular weight excluding hydrogens is 198 g/mol. The lowest BCUT2D eigenvalue weighted by Crippen LogP contribution is -2.59. The van der Waals surface area contributed by atoms with Gasteiger partial charge in [0.25, 0.3) is 0 Å². The zero-order valence-corrected chi connectivity index (χ0v) is 10.4. The molecule has 2 nitrogen and oxygen atoms in total. The molecule has 1 aliphatic rings. The van der Waals surface area contributed by atoms with Crippen molar-refractivity contribution in [2.45, 2.75) is 38.8 Å². The predicted molar refractivity (Wildman–Crippen MR) is 66.4 cm³/mol. The molecule has 88 valence electrons. The van der Waals surface area contributed by atoms with Gasteiger partial charge in [0.15, 0.2) is 0 Å². The third-order valence-electron chi connectivity index (χ3n) is 3.18. The fourth-order valence-electron chi connectivity index (χ4n) is 2.30. The van der Waals surface area contributed by atoms with Gasteiger partial charge in [0.2, 0.25) is 0 Å². The van der Waals surface area contributed by atoms with Gasteiger partial charge < -0.3 is 5.11 Å². The SMILES string of the molecule is CC(C)c1ccc(CN2CC(C)(O)C2)cc1. The van der Waals surface area contributed by atoms with Crippen molar-refractivity contribution in [3.05, 3.63) is 35.4 Å². The minimum atomic E-state index is -0.460. The van der Waals surface area contributed by atoms with Crippen molar-refractivity contribution >= 4 is 0 Å². The van der Waals surface area contributed by atoms with Gasteiger partial charge in [-0.25, -0.2) is 0 Å². The average molecular weight is 219 g/mol. The van der Waals surface area contributed by atoms with Crippen molar-refractivity contribution in [3.63, 3.8) is 0 Å². The lowest BCUT2D eigenvalue weighted by Gasteiger charge is -2.44. The molecule has 1 fully saturated rings. The monoisotopic (exact) mass is 219 g/mol. The first kappa shape index (κ1) is 11.6. The first-order valence-electron chi connectivity index (χ1n) is 6.00. The summed E-state index contributed by atoms with van der Waals surface area (Å²) in [6.07, 6.45) is 0. The average Bonchev–Trinajstić information content (AvgIpc) is 2.15. The molecule has 1 saturated heterocycles. The smallest absolute Gasteiger partial charge is 0.0872 e. The van der Waals surface area contributed by atoms with Crippen LogP contribution in [-0.4, -0.2) is 28.7 Å². The molecule has 2 rings (SSSR count). The third-order valence-corrected chi connectivity index (χ3v) is 3.18. The van der Waals surface area contributed by atoms with Gasteiger partial charge in [-0.1, -0.05) is 38.1 Å². The van der Waals surface area contributed by atoms with Crippen LogP contribution in [-0.2, 0) is 6.54 Å². The summed E-state index contributed by atoms with van der Waals surface area (Å²) in [7, 11) is 0. The van der Waals surface area contributed by atoms with E-state index >= 15 is 0 Å². The van der Waals surface area contributed by atoms with E-state index in [4.69, 9.17) is 0 Å². The van der Waals surface area contributed by atoms with E-state index in [0.717, 1.165) is 19.6 Å². The maximum absolute atomic E-state index is 9.64. The summed E-state index contributed by atoms with van der Waals surface area (Å²) in [4.78, 5) is 2.27. The van der Waals surface area contributed by atoms with Crippen LogP contribution in [0.25, 0.3) is 0 Å². The van der Waals surface area contributed by atoms with Crippen molar-refractivity contribution < 1.29 is 5.11 Å². The van der Waals surface area contributed by atoms with Crippen LogP contribution in [0.2, 0.25) is 0 Å². The second-order valence-corrected chi connectivity index (χ2v) is 5.54. The van der Waals surface area contributed by atoms with Gasteiger partial charge in [-0.3, -0.25) is 4.90 Å². The van der Waals surface area contributed by atoms with Gasteiger partial charge in [0.1, 0.15) is 0 Å². The summed E-state index contributed by atoms with van der Waals surface area (Å²) in [6.45, 7) is 8.85. The van der Waals surface area contributed by atoms with Gasteiger partial charge in [0, 0.05) is 19.6 Å². The van der Waals surface area contributed by atoms with E-state index in [1.807, 2.05) is 6.92 Å². The van der Waals surface area contributed by atoms with Crippen LogP contribution < -0.4 is 0 Å². The number of hydrogen-bond acceptors (Lipinski definition) is 2. The Balaban J connectivity index is 1.91. The van der Waals surface area contributed by atoms with Gasteiger partial charge in [-0.05, 0) is 24.0 Å². The molecule has 0 aliphatic carbocycles. The summed E-state index contributed by atoms with van der Waals surface area (Å²) in [5, 5.41) is 9.64. The summed E-state index contributed by atoms with van der Waals surface area (Å²) in [6, 6.07) is 8.81. The molecule has 0 amide bonds. The quantitative estimate of drug-likeness (QED) is 0.843. The first-order chi connectivity index (χ1) is 7.46. The lowest BCUT2D eigenvalue weighted by atomic mass is 9.95. The van der Waals surface area contributed by atoms with Crippen LogP contribution in [0, 0.1) is 0 Å². The lowest BCUT2D eigenvalue weighted by molar-refractivity contribution is -0.0871. The Labute approximate surface area is 97.9 Å². The zero-order valence-electron chi connectivity index (χ0n) is 10.4. The molecule has 1 aliphatic heterocycles.